The van der Waals surface area contributed by atoms with E-state index in [-0.39, 0.29) is 5.78 Å². The van der Waals surface area contributed by atoms with E-state index in [2.05, 4.69) is 37.0 Å². The molecular formula is C16H17NO. The number of carbonyl (C=O) groups is 1. The van der Waals surface area contributed by atoms with Gasteiger partial charge in [-0.05, 0) is 38.0 Å². The van der Waals surface area contributed by atoms with Crippen LogP contribution in [-0.2, 0) is 6.42 Å². The maximum Gasteiger partial charge on any atom is 0.169 e. The first-order chi connectivity index (χ1) is 8.56. The fourth-order valence-electron chi connectivity index (χ4n) is 2.21. The number of aryl methyl sites for hydroxylation is 3. The summed E-state index contributed by atoms with van der Waals surface area (Å²) in [6.07, 6.45) is 3.80. The molecule has 0 spiro atoms. The Hall–Kier alpha value is -1.96. The van der Waals surface area contributed by atoms with Gasteiger partial charge in [-0.25, -0.2) is 0 Å². The summed E-state index contributed by atoms with van der Waals surface area (Å²) in [5.41, 5.74) is 5.17. The van der Waals surface area contributed by atoms with Crippen molar-refractivity contribution in [3.05, 3.63) is 64.5 Å². The highest BCUT2D eigenvalue weighted by Gasteiger charge is 2.10. The normalized spacial score (nSPS) is 10.4. The van der Waals surface area contributed by atoms with Crippen LogP contribution in [-0.4, -0.2) is 10.8 Å². The van der Waals surface area contributed by atoms with E-state index < -0.39 is 0 Å². The zero-order valence-corrected chi connectivity index (χ0v) is 11.0. The molecular weight excluding hydrogens is 222 g/mol. The van der Waals surface area contributed by atoms with Crippen LogP contribution in [0.3, 0.4) is 0 Å². The first-order valence-corrected chi connectivity index (χ1v) is 6.07. The molecule has 0 saturated carbocycles. The van der Waals surface area contributed by atoms with Gasteiger partial charge in [0, 0.05) is 24.4 Å². The van der Waals surface area contributed by atoms with E-state index in [0.29, 0.717) is 6.42 Å². The molecule has 92 valence electrons. The van der Waals surface area contributed by atoms with Gasteiger partial charge in [0.15, 0.2) is 5.78 Å². The Morgan fingerprint density at radius 3 is 2.39 bits per heavy atom. The molecule has 0 saturated heterocycles. The first kappa shape index (κ1) is 12.5. The number of pyridine rings is 1. The molecule has 1 aromatic carbocycles. The lowest BCUT2D eigenvalue weighted by atomic mass is 9.98. The molecule has 2 nitrogen and oxygen atoms in total. The molecule has 2 rings (SSSR count). The third-order valence-electron chi connectivity index (χ3n) is 2.99. The molecule has 0 aliphatic heterocycles. The van der Waals surface area contributed by atoms with Crippen molar-refractivity contribution in [3.8, 4) is 0 Å². The van der Waals surface area contributed by atoms with Crippen molar-refractivity contribution in [2.45, 2.75) is 27.2 Å². The molecule has 0 aliphatic carbocycles. The quantitative estimate of drug-likeness (QED) is 0.768. The van der Waals surface area contributed by atoms with Crippen LogP contribution >= 0.6 is 0 Å². The van der Waals surface area contributed by atoms with E-state index >= 15 is 0 Å². The number of nitrogens with zero attached hydrogens (tertiary/aromatic N) is 1. The number of Topliss-reactive ketones (excluding diaryl/α,β-unsaturated/α-hetero) is 1. The molecule has 0 fully saturated rings. The molecule has 0 N–H and O–H groups in total. The molecule has 0 radical (unpaired) electrons. The van der Waals surface area contributed by atoms with Crippen molar-refractivity contribution < 1.29 is 4.79 Å². The second-order valence-corrected chi connectivity index (χ2v) is 4.79. The van der Waals surface area contributed by atoms with Crippen LogP contribution in [0.1, 0.15) is 32.6 Å². The molecule has 18 heavy (non-hydrogen) atoms. The number of carbonyl (C=O) groups excluding carboxylic acids is 1. The Labute approximate surface area is 108 Å². The van der Waals surface area contributed by atoms with Gasteiger partial charge < -0.3 is 0 Å². The predicted molar refractivity (Wildman–Crippen MR) is 72.9 cm³/mol. The SMILES string of the molecule is Cc1cc(C)cc(CC(=O)c2cnccc2C)c1. The van der Waals surface area contributed by atoms with Crippen molar-refractivity contribution in [2.24, 2.45) is 0 Å². The maximum absolute atomic E-state index is 12.2. The Bertz CT molecular complexity index is 567. The fourth-order valence-corrected chi connectivity index (χ4v) is 2.21. The second kappa shape index (κ2) is 5.13. The minimum absolute atomic E-state index is 0.130. The molecule has 0 atom stereocenters. The Balaban J connectivity index is 2.24. The van der Waals surface area contributed by atoms with E-state index in [1.54, 1.807) is 12.4 Å². The first-order valence-electron chi connectivity index (χ1n) is 6.07. The largest absolute Gasteiger partial charge is 0.294 e. The van der Waals surface area contributed by atoms with Crippen LogP contribution in [0.5, 0.6) is 0 Å². The van der Waals surface area contributed by atoms with Gasteiger partial charge in [0.05, 0.1) is 0 Å². The van der Waals surface area contributed by atoms with Gasteiger partial charge in [-0.1, -0.05) is 29.3 Å². The Kier molecular flexibility index (Phi) is 3.56. The van der Waals surface area contributed by atoms with Crippen LogP contribution in [0.15, 0.2) is 36.7 Å². The van der Waals surface area contributed by atoms with Crippen LogP contribution in [0.2, 0.25) is 0 Å². The van der Waals surface area contributed by atoms with E-state index in [1.807, 2.05) is 13.0 Å². The predicted octanol–water partition coefficient (Wildman–Crippen LogP) is 3.43. The average Bonchev–Trinajstić information content (AvgIpc) is 2.27. The highest BCUT2D eigenvalue weighted by atomic mass is 16.1. The van der Waals surface area contributed by atoms with Crippen molar-refractivity contribution in [1.82, 2.24) is 4.98 Å². The number of aromatic nitrogens is 1. The zero-order valence-electron chi connectivity index (χ0n) is 11.0. The molecule has 0 amide bonds. The van der Waals surface area contributed by atoms with Crippen molar-refractivity contribution in [2.75, 3.05) is 0 Å². The lowest BCUT2D eigenvalue weighted by molar-refractivity contribution is 0.0992. The van der Waals surface area contributed by atoms with Crippen molar-refractivity contribution >= 4 is 5.78 Å². The average molecular weight is 239 g/mol. The Morgan fingerprint density at radius 2 is 1.78 bits per heavy atom. The summed E-state index contributed by atoms with van der Waals surface area (Å²) in [6.45, 7) is 6.04. The number of ketones is 1. The van der Waals surface area contributed by atoms with Gasteiger partial charge >= 0.3 is 0 Å². The van der Waals surface area contributed by atoms with Gasteiger partial charge in [0.1, 0.15) is 0 Å². The summed E-state index contributed by atoms with van der Waals surface area (Å²) in [5, 5.41) is 0. The smallest absolute Gasteiger partial charge is 0.169 e. The van der Waals surface area contributed by atoms with Crippen LogP contribution in [0, 0.1) is 20.8 Å². The molecule has 0 bridgehead atoms. The number of rotatable bonds is 3. The van der Waals surface area contributed by atoms with Gasteiger partial charge in [-0.2, -0.15) is 0 Å². The minimum atomic E-state index is 0.130. The van der Waals surface area contributed by atoms with Crippen molar-refractivity contribution in [1.29, 1.82) is 0 Å². The number of benzene rings is 1. The summed E-state index contributed by atoms with van der Waals surface area (Å²) in [6, 6.07) is 8.12. The number of hydrogen-bond acceptors (Lipinski definition) is 2. The summed E-state index contributed by atoms with van der Waals surface area (Å²) >= 11 is 0. The van der Waals surface area contributed by atoms with Crippen LogP contribution < -0.4 is 0 Å². The summed E-state index contributed by atoms with van der Waals surface area (Å²) < 4.78 is 0. The van der Waals surface area contributed by atoms with Gasteiger partial charge in [-0.3, -0.25) is 9.78 Å². The lowest BCUT2D eigenvalue weighted by Crippen LogP contribution is -2.06. The summed E-state index contributed by atoms with van der Waals surface area (Å²) in [4.78, 5) is 16.2. The van der Waals surface area contributed by atoms with Crippen LogP contribution in [0.25, 0.3) is 0 Å². The van der Waals surface area contributed by atoms with Gasteiger partial charge in [0.2, 0.25) is 0 Å². The van der Waals surface area contributed by atoms with Gasteiger partial charge in [-0.15, -0.1) is 0 Å². The highest BCUT2D eigenvalue weighted by Crippen LogP contribution is 2.13. The number of hydrogen-bond donors (Lipinski definition) is 0. The van der Waals surface area contributed by atoms with Crippen LogP contribution in [0.4, 0.5) is 0 Å². The molecule has 1 aromatic heterocycles. The molecule has 0 unspecified atom stereocenters. The maximum atomic E-state index is 12.2. The molecule has 1 heterocycles. The van der Waals surface area contributed by atoms with Gasteiger partial charge in [0.25, 0.3) is 0 Å². The lowest BCUT2D eigenvalue weighted by Gasteiger charge is -2.06. The molecule has 2 aromatic rings. The summed E-state index contributed by atoms with van der Waals surface area (Å²) in [5.74, 6) is 0.130. The highest BCUT2D eigenvalue weighted by molar-refractivity contribution is 5.98. The van der Waals surface area contributed by atoms with E-state index in [9.17, 15) is 4.79 Å². The second-order valence-electron chi connectivity index (χ2n) is 4.79. The molecule has 0 aliphatic rings. The third-order valence-corrected chi connectivity index (χ3v) is 2.99. The summed E-state index contributed by atoms with van der Waals surface area (Å²) in [7, 11) is 0. The molecule has 2 heteroatoms. The topological polar surface area (TPSA) is 30.0 Å². The van der Waals surface area contributed by atoms with E-state index in [4.69, 9.17) is 0 Å². The monoisotopic (exact) mass is 239 g/mol. The fraction of sp³-hybridized carbons (Fsp3) is 0.250. The standard InChI is InChI=1S/C16H17NO/c1-11-6-12(2)8-14(7-11)9-16(18)15-10-17-5-4-13(15)3/h4-8,10H,9H2,1-3H3. The Morgan fingerprint density at radius 1 is 1.11 bits per heavy atom. The van der Waals surface area contributed by atoms with E-state index in [0.717, 1.165) is 16.7 Å². The van der Waals surface area contributed by atoms with Crippen molar-refractivity contribution in [3.63, 3.8) is 0 Å². The zero-order chi connectivity index (χ0) is 13.1. The van der Waals surface area contributed by atoms with E-state index in [1.165, 1.54) is 11.1 Å². The minimum Gasteiger partial charge on any atom is -0.294 e. The third kappa shape index (κ3) is 2.83.